The fourth-order valence-electron chi connectivity index (χ4n) is 4.98. The molecule has 1 atom stereocenters. The van der Waals surface area contributed by atoms with Gasteiger partial charge in [-0.1, -0.05) is 60.2 Å². The predicted molar refractivity (Wildman–Crippen MR) is 127 cm³/mol. The summed E-state index contributed by atoms with van der Waals surface area (Å²) in [6.07, 6.45) is 2.99. The van der Waals surface area contributed by atoms with Crippen molar-refractivity contribution in [2.75, 3.05) is 13.1 Å². The van der Waals surface area contributed by atoms with Crippen molar-refractivity contribution in [3.8, 4) is 11.1 Å². The minimum absolute atomic E-state index is 0.147. The lowest BCUT2D eigenvalue weighted by Crippen LogP contribution is -2.29. The summed E-state index contributed by atoms with van der Waals surface area (Å²) in [6.45, 7) is 5.87. The fourth-order valence-corrected chi connectivity index (χ4v) is 4.98. The quantitative estimate of drug-likeness (QED) is 0.509. The van der Waals surface area contributed by atoms with Crippen molar-refractivity contribution in [2.45, 2.75) is 33.1 Å². The molecule has 0 aliphatic carbocycles. The average molecular weight is 409 g/mol. The molecule has 3 aromatic carbocycles. The third kappa shape index (κ3) is 3.93. The number of carbonyl (C=O) groups excluding carboxylic acids is 1. The highest BCUT2D eigenvalue weighted by molar-refractivity contribution is 6.01. The van der Waals surface area contributed by atoms with E-state index in [4.69, 9.17) is 4.99 Å². The van der Waals surface area contributed by atoms with Crippen molar-refractivity contribution in [1.82, 2.24) is 4.90 Å². The molecule has 0 unspecified atom stereocenters. The lowest BCUT2D eigenvalue weighted by Gasteiger charge is -2.19. The van der Waals surface area contributed by atoms with Crippen LogP contribution in [0.15, 0.2) is 71.7 Å². The zero-order chi connectivity index (χ0) is 21.4. The monoisotopic (exact) mass is 408 g/mol. The summed E-state index contributed by atoms with van der Waals surface area (Å²) in [5.74, 6) is 0.636. The van der Waals surface area contributed by atoms with Gasteiger partial charge in [0.2, 0.25) is 0 Å². The smallest absolute Gasteiger partial charge is 0.254 e. The van der Waals surface area contributed by atoms with Crippen molar-refractivity contribution in [1.29, 1.82) is 0 Å². The van der Waals surface area contributed by atoms with Crippen molar-refractivity contribution in [3.63, 3.8) is 0 Å². The second-order valence-electron chi connectivity index (χ2n) is 8.96. The molecule has 3 heteroatoms. The molecular formula is C28H28N2O. The van der Waals surface area contributed by atoms with E-state index in [0.717, 1.165) is 54.7 Å². The van der Waals surface area contributed by atoms with E-state index in [2.05, 4.69) is 50.2 Å². The van der Waals surface area contributed by atoms with Crippen molar-refractivity contribution >= 4 is 17.3 Å². The van der Waals surface area contributed by atoms with Gasteiger partial charge in [0.15, 0.2) is 0 Å². The number of hydrogen-bond donors (Lipinski definition) is 0. The van der Waals surface area contributed by atoms with Crippen LogP contribution in [-0.2, 0) is 6.42 Å². The molecule has 5 rings (SSSR count). The molecule has 0 saturated carbocycles. The Hall–Kier alpha value is -3.20. The van der Waals surface area contributed by atoms with E-state index in [1.54, 1.807) is 0 Å². The SMILES string of the molecule is Cc1ccc2c(c1)CC(C[C@@H]1CCN(C(=O)c3ccccc3-c3ccccc3C)C1)=N2. The first-order valence-corrected chi connectivity index (χ1v) is 11.2. The summed E-state index contributed by atoms with van der Waals surface area (Å²) in [4.78, 5) is 20.3. The second-order valence-corrected chi connectivity index (χ2v) is 8.96. The Morgan fingerprint density at radius 2 is 1.77 bits per heavy atom. The zero-order valence-electron chi connectivity index (χ0n) is 18.3. The summed E-state index contributed by atoms with van der Waals surface area (Å²) in [6, 6.07) is 22.8. The molecule has 0 spiro atoms. The summed E-state index contributed by atoms with van der Waals surface area (Å²) in [5, 5.41) is 0. The molecule has 31 heavy (non-hydrogen) atoms. The van der Waals surface area contributed by atoms with Crippen LogP contribution in [0.4, 0.5) is 5.69 Å². The van der Waals surface area contributed by atoms with Gasteiger partial charge in [0.25, 0.3) is 5.91 Å². The van der Waals surface area contributed by atoms with E-state index in [9.17, 15) is 4.79 Å². The molecule has 0 bridgehead atoms. The van der Waals surface area contributed by atoms with Gasteiger partial charge < -0.3 is 4.90 Å². The molecule has 2 heterocycles. The molecular weight excluding hydrogens is 380 g/mol. The average Bonchev–Trinajstić information content (AvgIpc) is 3.40. The first-order chi connectivity index (χ1) is 15.1. The maximum absolute atomic E-state index is 13.4. The van der Waals surface area contributed by atoms with Crippen LogP contribution in [0.2, 0.25) is 0 Å². The fraction of sp³-hybridized carbons (Fsp3) is 0.286. The van der Waals surface area contributed by atoms with Crippen LogP contribution in [0.3, 0.4) is 0 Å². The van der Waals surface area contributed by atoms with Crippen LogP contribution >= 0.6 is 0 Å². The van der Waals surface area contributed by atoms with E-state index in [-0.39, 0.29) is 5.91 Å². The van der Waals surface area contributed by atoms with Gasteiger partial charge in [0, 0.05) is 30.8 Å². The van der Waals surface area contributed by atoms with Gasteiger partial charge in [-0.2, -0.15) is 0 Å². The summed E-state index contributed by atoms with van der Waals surface area (Å²) in [7, 11) is 0. The third-order valence-electron chi connectivity index (χ3n) is 6.60. The van der Waals surface area contributed by atoms with E-state index in [1.165, 1.54) is 22.4 Å². The van der Waals surface area contributed by atoms with Gasteiger partial charge >= 0.3 is 0 Å². The number of benzene rings is 3. The first-order valence-electron chi connectivity index (χ1n) is 11.2. The highest BCUT2D eigenvalue weighted by atomic mass is 16.2. The minimum Gasteiger partial charge on any atom is -0.338 e. The molecule has 0 N–H and O–H groups in total. The number of likely N-dealkylation sites (tertiary alicyclic amines) is 1. The molecule has 3 aromatic rings. The molecule has 1 saturated heterocycles. The van der Waals surface area contributed by atoms with Gasteiger partial charge in [-0.25, -0.2) is 0 Å². The molecule has 3 nitrogen and oxygen atoms in total. The Bertz CT molecular complexity index is 1180. The summed E-state index contributed by atoms with van der Waals surface area (Å²) >= 11 is 0. The number of hydrogen-bond acceptors (Lipinski definition) is 2. The number of amides is 1. The lowest BCUT2D eigenvalue weighted by atomic mass is 9.95. The van der Waals surface area contributed by atoms with Gasteiger partial charge in [0.05, 0.1) is 5.69 Å². The molecule has 1 amide bonds. The largest absolute Gasteiger partial charge is 0.338 e. The molecule has 2 aliphatic rings. The number of aryl methyl sites for hydroxylation is 2. The van der Waals surface area contributed by atoms with E-state index in [1.807, 2.05) is 35.2 Å². The minimum atomic E-state index is 0.147. The summed E-state index contributed by atoms with van der Waals surface area (Å²) < 4.78 is 0. The zero-order valence-corrected chi connectivity index (χ0v) is 18.3. The topological polar surface area (TPSA) is 32.7 Å². The van der Waals surface area contributed by atoms with Gasteiger partial charge in [-0.05, 0) is 67.0 Å². The van der Waals surface area contributed by atoms with Gasteiger partial charge in [0.1, 0.15) is 0 Å². The van der Waals surface area contributed by atoms with E-state index in [0.29, 0.717) is 5.92 Å². The predicted octanol–water partition coefficient (Wildman–Crippen LogP) is 6.15. The van der Waals surface area contributed by atoms with Crippen LogP contribution in [0, 0.1) is 19.8 Å². The second kappa shape index (κ2) is 8.14. The Labute approximate surface area is 184 Å². The van der Waals surface area contributed by atoms with Crippen molar-refractivity contribution < 1.29 is 4.79 Å². The van der Waals surface area contributed by atoms with E-state index < -0.39 is 0 Å². The van der Waals surface area contributed by atoms with Crippen LogP contribution in [0.5, 0.6) is 0 Å². The number of rotatable bonds is 4. The van der Waals surface area contributed by atoms with Crippen LogP contribution in [0.25, 0.3) is 11.1 Å². The number of fused-ring (bicyclic) bond motifs is 1. The van der Waals surface area contributed by atoms with Gasteiger partial charge in [-0.15, -0.1) is 0 Å². The number of carbonyl (C=O) groups is 1. The normalized spacial score (nSPS) is 17.5. The Morgan fingerprint density at radius 1 is 1.00 bits per heavy atom. The third-order valence-corrected chi connectivity index (χ3v) is 6.60. The maximum atomic E-state index is 13.4. The highest BCUT2D eigenvalue weighted by Gasteiger charge is 2.30. The molecule has 156 valence electrons. The van der Waals surface area contributed by atoms with Crippen LogP contribution in [0.1, 0.15) is 39.9 Å². The molecule has 1 fully saturated rings. The van der Waals surface area contributed by atoms with Crippen molar-refractivity contribution in [2.24, 2.45) is 10.9 Å². The Balaban J connectivity index is 1.29. The standard InChI is InChI=1S/C28H28N2O/c1-19-11-12-27-22(15-19)17-23(29-27)16-21-13-14-30(18-21)28(31)26-10-6-5-9-25(26)24-8-4-3-7-20(24)2/h3-12,15,21H,13-14,16-18H2,1-2H3/t21-/m0/s1. The molecule has 0 aromatic heterocycles. The van der Waals surface area contributed by atoms with Crippen molar-refractivity contribution in [3.05, 3.63) is 89.0 Å². The number of nitrogens with zero attached hydrogens (tertiary/aromatic N) is 2. The lowest BCUT2D eigenvalue weighted by molar-refractivity contribution is 0.0788. The summed E-state index contributed by atoms with van der Waals surface area (Å²) in [5.41, 5.74) is 9.18. The molecule has 2 aliphatic heterocycles. The first kappa shape index (κ1) is 19.7. The highest BCUT2D eigenvalue weighted by Crippen LogP contribution is 2.33. The molecule has 0 radical (unpaired) electrons. The van der Waals surface area contributed by atoms with Gasteiger partial charge in [-0.3, -0.25) is 9.79 Å². The maximum Gasteiger partial charge on any atom is 0.254 e. The van der Waals surface area contributed by atoms with Crippen LogP contribution in [-0.4, -0.2) is 29.6 Å². The Morgan fingerprint density at radius 3 is 2.61 bits per heavy atom. The number of aliphatic imine (C=N–C) groups is 1. The Kier molecular flexibility index (Phi) is 5.19. The van der Waals surface area contributed by atoms with E-state index >= 15 is 0 Å². The van der Waals surface area contributed by atoms with Crippen LogP contribution < -0.4 is 0 Å².